The van der Waals surface area contributed by atoms with E-state index in [4.69, 9.17) is 23.2 Å². The molecule has 1 aromatic rings. The Kier molecular flexibility index (Phi) is 2.89. The van der Waals surface area contributed by atoms with Crippen molar-refractivity contribution in [2.75, 3.05) is 0 Å². The molecule has 0 aliphatic heterocycles. The summed E-state index contributed by atoms with van der Waals surface area (Å²) in [7, 11) is 0. The van der Waals surface area contributed by atoms with Crippen LogP contribution in [0.4, 0.5) is 0 Å². The summed E-state index contributed by atoms with van der Waals surface area (Å²) in [6.45, 7) is 0. The maximum Gasteiger partial charge on any atom is 0.199 e. The average molecular weight is 244 g/mol. The first-order valence-electron chi connectivity index (χ1n) is 4.82. The fourth-order valence-electron chi connectivity index (χ4n) is 1.88. The number of hydrogen-bond donors (Lipinski definition) is 0. The SMILES string of the molecule is [O]c1cc2c(c(Cl)c1Cl)C(=O)CCCC2. The van der Waals surface area contributed by atoms with Crippen molar-refractivity contribution in [2.24, 2.45) is 0 Å². The van der Waals surface area contributed by atoms with Gasteiger partial charge in [0.2, 0.25) is 0 Å². The van der Waals surface area contributed by atoms with E-state index in [0.717, 1.165) is 24.8 Å². The zero-order chi connectivity index (χ0) is 11.0. The second-order valence-electron chi connectivity index (χ2n) is 3.67. The van der Waals surface area contributed by atoms with Gasteiger partial charge in [0.25, 0.3) is 0 Å². The fraction of sp³-hybridized carbons (Fsp3) is 0.364. The molecule has 1 aliphatic carbocycles. The first-order valence-corrected chi connectivity index (χ1v) is 5.58. The number of ketones is 1. The molecule has 0 aromatic heterocycles. The normalized spacial score (nSPS) is 16.0. The van der Waals surface area contributed by atoms with Gasteiger partial charge < -0.3 is 0 Å². The van der Waals surface area contributed by atoms with E-state index >= 15 is 0 Å². The Balaban J connectivity index is 2.66. The van der Waals surface area contributed by atoms with Crippen molar-refractivity contribution in [3.63, 3.8) is 0 Å². The van der Waals surface area contributed by atoms with Gasteiger partial charge in [-0.3, -0.25) is 9.90 Å². The molecule has 1 aliphatic rings. The molecule has 0 unspecified atom stereocenters. The highest BCUT2D eigenvalue weighted by Gasteiger charge is 2.23. The zero-order valence-corrected chi connectivity index (χ0v) is 9.49. The molecular formula is C11H9Cl2O2. The van der Waals surface area contributed by atoms with Gasteiger partial charge in [-0.2, -0.15) is 0 Å². The molecule has 2 rings (SSSR count). The van der Waals surface area contributed by atoms with Gasteiger partial charge in [0.05, 0.1) is 5.02 Å². The highest BCUT2D eigenvalue weighted by molar-refractivity contribution is 6.45. The largest absolute Gasteiger partial charge is 0.294 e. The third-order valence-electron chi connectivity index (χ3n) is 2.63. The first-order chi connectivity index (χ1) is 7.11. The average Bonchev–Trinajstić information content (AvgIpc) is 2.37. The van der Waals surface area contributed by atoms with Gasteiger partial charge in [0.15, 0.2) is 11.5 Å². The van der Waals surface area contributed by atoms with Crippen molar-refractivity contribution >= 4 is 29.0 Å². The van der Waals surface area contributed by atoms with Crippen LogP contribution in [0.25, 0.3) is 0 Å². The van der Waals surface area contributed by atoms with Crippen LogP contribution in [0, 0.1) is 0 Å². The van der Waals surface area contributed by atoms with Crippen molar-refractivity contribution in [3.8, 4) is 5.75 Å². The summed E-state index contributed by atoms with van der Waals surface area (Å²) in [5, 5.41) is 11.5. The van der Waals surface area contributed by atoms with Crippen LogP contribution in [0.3, 0.4) is 0 Å². The number of carbonyl (C=O) groups is 1. The van der Waals surface area contributed by atoms with E-state index in [9.17, 15) is 9.90 Å². The number of fused-ring (bicyclic) bond motifs is 1. The van der Waals surface area contributed by atoms with E-state index in [1.54, 1.807) is 0 Å². The predicted molar refractivity (Wildman–Crippen MR) is 58.5 cm³/mol. The molecule has 15 heavy (non-hydrogen) atoms. The lowest BCUT2D eigenvalue weighted by atomic mass is 10.0. The summed E-state index contributed by atoms with van der Waals surface area (Å²) in [5.74, 6) is -0.301. The lowest BCUT2D eigenvalue weighted by Crippen LogP contribution is -2.01. The van der Waals surface area contributed by atoms with Crippen molar-refractivity contribution < 1.29 is 9.90 Å². The third-order valence-corrected chi connectivity index (χ3v) is 3.48. The van der Waals surface area contributed by atoms with Gasteiger partial charge in [-0.05, 0) is 30.9 Å². The van der Waals surface area contributed by atoms with Gasteiger partial charge >= 0.3 is 0 Å². The van der Waals surface area contributed by atoms with Crippen LogP contribution in [0.15, 0.2) is 6.07 Å². The van der Waals surface area contributed by atoms with Crippen molar-refractivity contribution in [3.05, 3.63) is 27.2 Å². The van der Waals surface area contributed by atoms with E-state index in [-0.39, 0.29) is 21.6 Å². The second-order valence-corrected chi connectivity index (χ2v) is 4.42. The highest BCUT2D eigenvalue weighted by atomic mass is 35.5. The van der Waals surface area contributed by atoms with Crippen LogP contribution in [0.2, 0.25) is 10.0 Å². The molecule has 1 aromatic carbocycles. The van der Waals surface area contributed by atoms with Crippen LogP contribution < -0.4 is 0 Å². The standard InChI is InChI=1S/C11H9Cl2O2/c12-10-8(15)5-6-3-1-2-4-7(14)9(6)11(10)13/h5H,1-4H2. The van der Waals surface area contributed by atoms with Gasteiger partial charge in [-0.15, -0.1) is 0 Å². The first kappa shape index (κ1) is 10.8. The number of aryl methyl sites for hydroxylation is 1. The van der Waals surface area contributed by atoms with Crippen LogP contribution in [-0.2, 0) is 11.5 Å². The minimum Gasteiger partial charge on any atom is -0.294 e. The van der Waals surface area contributed by atoms with Crippen LogP contribution in [-0.4, -0.2) is 5.78 Å². The second kappa shape index (κ2) is 4.03. The minimum absolute atomic E-state index is 0.00519. The Bertz CT molecular complexity index is 427. The maximum atomic E-state index is 11.7. The molecule has 0 N–H and O–H groups in total. The maximum absolute atomic E-state index is 11.7. The number of halogens is 2. The molecule has 79 valence electrons. The number of benzene rings is 1. The number of Topliss-reactive ketones (excluding diaryl/α,β-unsaturated/α-hetero) is 1. The minimum atomic E-state index is -0.296. The van der Waals surface area contributed by atoms with Gasteiger partial charge in [-0.1, -0.05) is 23.2 Å². The fourth-order valence-corrected chi connectivity index (χ4v) is 2.35. The molecule has 0 saturated carbocycles. The zero-order valence-electron chi connectivity index (χ0n) is 7.98. The highest BCUT2D eigenvalue weighted by Crippen LogP contribution is 2.39. The van der Waals surface area contributed by atoms with E-state index < -0.39 is 0 Å². The summed E-state index contributed by atoms with van der Waals surface area (Å²) in [5.41, 5.74) is 1.20. The monoisotopic (exact) mass is 243 g/mol. The lowest BCUT2D eigenvalue weighted by molar-refractivity contribution is 0.0982. The van der Waals surface area contributed by atoms with E-state index in [1.807, 2.05) is 0 Å². The molecule has 0 atom stereocenters. The topological polar surface area (TPSA) is 37.0 Å². The molecule has 4 heteroatoms. The van der Waals surface area contributed by atoms with Crippen molar-refractivity contribution in [1.29, 1.82) is 0 Å². The molecule has 0 fully saturated rings. The Morgan fingerprint density at radius 3 is 2.47 bits per heavy atom. The predicted octanol–water partition coefficient (Wildman–Crippen LogP) is 4.05. The third kappa shape index (κ3) is 1.84. The Hall–Kier alpha value is -0.730. The smallest absolute Gasteiger partial charge is 0.199 e. The molecule has 0 amide bonds. The summed E-state index contributed by atoms with van der Waals surface area (Å²) in [6.07, 6.45) is 2.97. The Morgan fingerprint density at radius 1 is 1.07 bits per heavy atom. The number of rotatable bonds is 0. The van der Waals surface area contributed by atoms with Crippen LogP contribution >= 0.6 is 23.2 Å². The molecule has 0 heterocycles. The molecule has 0 spiro atoms. The summed E-state index contributed by atoms with van der Waals surface area (Å²) >= 11 is 11.7. The quantitative estimate of drug-likeness (QED) is 0.634. The Morgan fingerprint density at radius 2 is 1.73 bits per heavy atom. The molecule has 0 bridgehead atoms. The molecule has 2 nitrogen and oxygen atoms in total. The van der Waals surface area contributed by atoms with E-state index in [2.05, 4.69) is 0 Å². The summed E-state index contributed by atoms with van der Waals surface area (Å²) in [4.78, 5) is 11.7. The van der Waals surface area contributed by atoms with Gasteiger partial charge in [0.1, 0.15) is 5.02 Å². The Labute approximate surface area is 97.8 Å². The lowest BCUT2D eigenvalue weighted by Gasteiger charge is -2.08. The number of hydrogen-bond acceptors (Lipinski definition) is 1. The van der Waals surface area contributed by atoms with E-state index in [1.165, 1.54) is 6.07 Å². The van der Waals surface area contributed by atoms with Gasteiger partial charge in [0, 0.05) is 12.0 Å². The van der Waals surface area contributed by atoms with E-state index in [0.29, 0.717) is 12.0 Å². The van der Waals surface area contributed by atoms with Crippen LogP contribution in [0.1, 0.15) is 35.2 Å². The summed E-state index contributed by atoms with van der Waals surface area (Å²) < 4.78 is 0. The van der Waals surface area contributed by atoms with Crippen molar-refractivity contribution in [2.45, 2.75) is 25.7 Å². The van der Waals surface area contributed by atoms with Crippen molar-refractivity contribution in [1.82, 2.24) is 0 Å². The number of carbonyl (C=O) groups excluding carboxylic acids is 1. The van der Waals surface area contributed by atoms with Gasteiger partial charge in [-0.25, -0.2) is 0 Å². The summed E-state index contributed by atoms with van der Waals surface area (Å²) in [6, 6.07) is 1.44. The molecular weight excluding hydrogens is 235 g/mol. The molecule has 1 radical (unpaired) electrons. The van der Waals surface area contributed by atoms with Crippen LogP contribution in [0.5, 0.6) is 5.75 Å². The molecule has 0 saturated heterocycles.